The zero-order valence-electron chi connectivity index (χ0n) is 19.5. The summed E-state index contributed by atoms with van der Waals surface area (Å²) < 4.78 is 74.9. The van der Waals surface area contributed by atoms with E-state index in [1.54, 1.807) is 4.57 Å². The van der Waals surface area contributed by atoms with Gasteiger partial charge in [-0.25, -0.2) is 36.3 Å². The number of nitrogens with zero attached hydrogens (tertiary/aromatic N) is 4. The molecular weight excluding hydrogens is 499 g/mol. The number of benzene rings is 1. The standard InChI is InChI=1S/C22H26F3N7O3S/c1-36(33,34)31-14-4-2-13(3-5-14)27-21-26-10-18-20(30-21)32(15-6-7-35-11-15)22(28-18)29-19-16(24)8-12(23)9-17(19)25/h8-10,13-15,31H,2-7,11H2,1H3,(H,28,29)(H,26,27,30)/t13-,14-,15-/m0/s1. The average molecular weight is 526 g/mol. The second-order valence-corrected chi connectivity index (χ2v) is 11.0. The first-order chi connectivity index (χ1) is 17.2. The van der Waals surface area contributed by atoms with Gasteiger partial charge in [-0.1, -0.05) is 0 Å². The zero-order valence-corrected chi connectivity index (χ0v) is 20.3. The van der Waals surface area contributed by atoms with Crippen LogP contribution in [0.25, 0.3) is 11.2 Å². The van der Waals surface area contributed by atoms with Crippen molar-refractivity contribution in [2.75, 3.05) is 30.1 Å². The van der Waals surface area contributed by atoms with E-state index in [-0.39, 0.29) is 24.1 Å². The van der Waals surface area contributed by atoms with Crippen LogP contribution in [0.5, 0.6) is 0 Å². The number of halogens is 3. The average Bonchev–Trinajstić information content (AvgIpc) is 3.44. The minimum atomic E-state index is -3.25. The molecule has 2 fully saturated rings. The van der Waals surface area contributed by atoms with Crippen molar-refractivity contribution in [3.63, 3.8) is 0 Å². The summed E-state index contributed by atoms with van der Waals surface area (Å²) in [5.74, 6) is -2.67. The number of rotatable bonds is 7. The molecule has 3 heterocycles. The van der Waals surface area contributed by atoms with Crippen LogP contribution in [-0.2, 0) is 14.8 Å². The highest BCUT2D eigenvalue weighted by Crippen LogP contribution is 2.32. The van der Waals surface area contributed by atoms with Gasteiger partial charge in [0, 0.05) is 30.8 Å². The minimum absolute atomic E-state index is 0.0613. The van der Waals surface area contributed by atoms with E-state index in [4.69, 9.17) is 4.74 Å². The summed E-state index contributed by atoms with van der Waals surface area (Å²) in [5.41, 5.74) is 0.359. The van der Waals surface area contributed by atoms with Crippen molar-refractivity contribution in [1.29, 1.82) is 0 Å². The number of hydrogen-bond acceptors (Lipinski definition) is 8. The third-order valence-corrected chi connectivity index (χ3v) is 7.15. The fraction of sp³-hybridized carbons (Fsp3) is 0.500. The van der Waals surface area contributed by atoms with Crippen molar-refractivity contribution in [2.45, 2.75) is 50.2 Å². The van der Waals surface area contributed by atoms with Crippen molar-refractivity contribution in [1.82, 2.24) is 24.2 Å². The first-order valence-corrected chi connectivity index (χ1v) is 13.5. The number of sulfonamides is 1. The summed E-state index contributed by atoms with van der Waals surface area (Å²) in [5, 5.41) is 5.97. The SMILES string of the molecule is CS(=O)(=O)N[C@H]1CC[C@H](Nc2ncc3nc(Nc4c(F)cc(F)cc4F)n([C@H]4CCOC4)c3n2)CC1. The molecule has 10 nitrogen and oxygen atoms in total. The van der Waals surface area contributed by atoms with E-state index >= 15 is 0 Å². The Bertz CT molecular complexity index is 1350. The normalized spacial score (nSPS) is 22.7. The second-order valence-electron chi connectivity index (χ2n) is 9.18. The largest absolute Gasteiger partial charge is 0.379 e. The highest BCUT2D eigenvalue weighted by Gasteiger charge is 2.27. The molecule has 0 radical (unpaired) electrons. The Morgan fingerprint density at radius 3 is 2.36 bits per heavy atom. The Kier molecular flexibility index (Phi) is 6.74. The Hall–Kier alpha value is -2.97. The molecule has 0 spiro atoms. The van der Waals surface area contributed by atoms with Crippen LogP contribution >= 0.6 is 0 Å². The smallest absolute Gasteiger partial charge is 0.224 e. The van der Waals surface area contributed by atoms with Crippen LogP contribution in [0.15, 0.2) is 18.3 Å². The summed E-state index contributed by atoms with van der Waals surface area (Å²) in [4.78, 5) is 13.4. The molecule has 2 aliphatic rings. The Balaban J connectivity index is 1.40. The van der Waals surface area contributed by atoms with E-state index in [9.17, 15) is 21.6 Å². The molecule has 0 bridgehead atoms. The molecule has 194 valence electrons. The van der Waals surface area contributed by atoms with Gasteiger partial charge < -0.3 is 15.4 Å². The molecule has 2 aromatic heterocycles. The zero-order chi connectivity index (χ0) is 25.4. The van der Waals surface area contributed by atoms with Crippen molar-refractivity contribution in [3.05, 3.63) is 35.8 Å². The second kappa shape index (κ2) is 9.82. The van der Waals surface area contributed by atoms with Gasteiger partial charge in [-0.15, -0.1) is 0 Å². The molecule has 3 N–H and O–H groups in total. The van der Waals surface area contributed by atoms with Gasteiger partial charge in [-0.2, -0.15) is 4.98 Å². The lowest BCUT2D eigenvalue weighted by Crippen LogP contribution is -2.39. The van der Waals surface area contributed by atoms with Crippen molar-refractivity contribution < 1.29 is 26.3 Å². The molecule has 36 heavy (non-hydrogen) atoms. The number of imidazole rings is 1. The molecule has 1 aliphatic carbocycles. The molecule has 0 amide bonds. The molecule has 3 aromatic rings. The van der Waals surface area contributed by atoms with Gasteiger partial charge in [-0.3, -0.25) is 4.57 Å². The summed E-state index contributed by atoms with van der Waals surface area (Å²) in [6.45, 7) is 0.892. The monoisotopic (exact) mass is 525 g/mol. The van der Waals surface area contributed by atoms with Crippen LogP contribution in [0.2, 0.25) is 0 Å². The van der Waals surface area contributed by atoms with Crippen LogP contribution in [0, 0.1) is 17.5 Å². The maximum absolute atomic E-state index is 14.3. The summed E-state index contributed by atoms with van der Waals surface area (Å²) >= 11 is 0. The Morgan fingerprint density at radius 2 is 1.72 bits per heavy atom. The quantitative estimate of drug-likeness (QED) is 0.430. The van der Waals surface area contributed by atoms with Gasteiger partial charge >= 0.3 is 0 Å². The van der Waals surface area contributed by atoms with Crippen molar-refractivity contribution >= 4 is 38.8 Å². The van der Waals surface area contributed by atoms with Crippen LogP contribution in [0.1, 0.15) is 38.1 Å². The highest BCUT2D eigenvalue weighted by atomic mass is 32.2. The third kappa shape index (κ3) is 5.39. The summed E-state index contributed by atoms with van der Waals surface area (Å²) in [6.07, 6.45) is 6.18. The lowest BCUT2D eigenvalue weighted by Gasteiger charge is -2.29. The van der Waals surface area contributed by atoms with Gasteiger partial charge in [0.25, 0.3) is 0 Å². The van der Waals surface area contributed by atoms with Crippen molar-refractivity contribution in [3.8, 4) is 0 Å². The fourth-order valence-electron chi connectivity index (χ4n) is 4.73. The molecule has 5 rings (SSSR count). The molecule has 0 unspecified atom stereocenters. The maximum atomic E-state index is 14.3. The minimum Gasteiger partial charge on any atom is -0.379 e. The Labute approximate surface area is 205 Å². The molecule has 1 aliphatic heterocycles. The lowest BCUT2D eigenvalue weighted by atomic mass is 9.92. The first kappa shape index (κ1) is 24.7. The number of anilines is 3. The van der Waals surface area contributed by atoms with Crippen LogP contribution in [0.4, 0.5) is 30.8 Å². The topological polar surface area (TPSA) is 123 Å². The molecule has 1 saturated carbocycles. The molecule has 14 heteroatoms. The molecule has 1 aromatic carbocycles. The number of ether oxygens (including phenoxy) is 1. The molecular formula is C22H26F3N7O3S. The van der Waals surface area contributed by atoms with Crippen LogP contribution in [0.3, 0.4) is 0 Å². The van der Waals surface area contributed by atoms with E-state index in [2.05, 4.69) is 30.3 Å². The summed E-state index contributed by atoms with van der Waals surface area (Å²) in [7, 11) is -3.25. The van der Waals surface area contributed by atoms with Gasteiger partial charge in [0.05, 0.1) is 25.1 Å². The number of fused-ring (bicyclic) bond motifs is 1. The van der Waals surface area contributed by atoms with E-state index in [1.165, 1.54) is 6.20 Å². The van der Waals surface area contributed by atoms with Crippen molar-refractivity contribution in [2.24, 2.45) is 0 Å². The maximum Gasteiger partial charge on any atom is 0.224 e. The number of aromatic nitrogens is 4. The van der Waals surface area contributed by atoms with Gasteiger partial charge in [-0.05, 0) is 32.1 Å². The van der Waals surface area contributed by atoms with Gasteiger partial charge in [0.2, 0.25) is 21.9 Å². The molecule has 1 atom stereocenters. The van der Waals surface area contributed by atoms with Gasteiger partial charge in [0.15, 0.2) is 17.3 Å². The highest BCUT2D eigenvalue weighted by molar-refractivity contribution is 7.88. The molecule has 1 saturated heterocycles. The Morgan fingerprint density at radius 1 is 1.03 bits per heavy atom. The lowest BCUT2D eigenvalue weighted by molar-refractivity contribution is 0.187. The third-order valence-electron chi connectivity index (χ3n) is 6.39. The van der Waals surface area contributed by atoms with Crippen LogP contribution in [-0.4, -0.2) is 59.5 Å². The number of nitrogens with one attached hydrogen (secondary N) is 3. The van der Waals surface area contributed by atoms with E-state index < -0.39 is 33.2 Å². The van der Waals surface area contributed by atoms with E-state index in [0.717, 1.165) is 19.1 Å². The van der Waals surface area contributed by atoms with Gasteiger partial charge in [0.1, 0.15) is 17.0 Å². The number of hydrogen-bond donors (Lipinski definition) is 3. The predicted octanol–water partition coefficient (Wildman–Crippen LogP) is 3.22. The van der Waals surface area contributed by atoms with E-state index in [0.29, 0.717) is 61.7 Å². The van der Waals surface area contributed by atoms with E-state index in [1.807, 2.05) is 0 Å². The fourth-order valence-corrected chi connectivity index (χ4v) is 5.58. The summed E-state index contributed by atoms with van der Waals surface area (Å²) in [6, 6.07) is 0.986. The van der Waals surface area contributed by atoms with Crippen LogP contribution < -0.4 is 15.4 Å². The predicted molar refractivity (Wildman–Crippen MR) is 127 cm³/mol. The first-order valence-electron chi connectivity index (χ1n) is 11.6.